The number of benzene rings is 2. The van der Waals surface area contributed by atoms with Crippen molar-refractivity contribution in [1.29, 1.82) is 0 Å². The third-order valence-corrected chi connectivity index (χ3v) is 3.80. The van der Waals surface area contributed by atoms with E-state index in [0.717, 1.165) is 11.1 Å². The first-order valence-corrected chi connectivity index (χ1v) is 8.73. The number of hydrogen-bond donors (Lipinski definition) is 2. The molecule has 2 N–H and O–H groups in total. The Labute approximate surface area is 160 Å². The van der Waals surface area contributed by atoms with E-state index in [2.05, 4.69) is 17.2 Å². The van der Waals surface area contributed by atoms with Gasteiger partial charge in [0.1, 0.15) is 0 Å². The SMILES string of the molecule is C[N+](C)(C)CC(CC(=O)O)NC(=O)c1ccc(C#Cc2ccccc2)cc1. The molecule has 0 radical (unpaired) electrons. The van der Waals surface area contributed by atoms with Gasteiger partial charge in [0.25, 0.3) is 5.91 Å². The number of amides is 1. The predicted molar refractivity (Wildman–Crippen MR) is 105 cm³/mol. The highest BCUT2D eigenvalue weighted by Gasteiger charge is 2.23. The van der Waals surface area contributed by atoms with Gasteiger partial charge in [0.05, 0.1) is 40.2 Å². The zero-order valence-corrected chi connectivity index (χ0v) is 15.9. The molecule has 0 saturated carbocycles. The second-order valence-electron chi connectivity index (χ2n) is 7.43. The summed E-state index contributed by atoms with van der Waals surface area (Å²) in [6.07, 6.45) is -0.109. The molecule has 2 aromatic rings. The Balaban J connectivity index is 2.05. The van der Waals surface area contributed by atoms with Gasteiger partial charge in [-0.2, -0.15) is 0 Å². The first-order chi connectivity index (χ1) is 12.7. The second kappa shape index (κ2) is 9.02. The third kappa shape index (κ3) is 7.35. The molecule has 0 aliphatic heterocycles. The fourth-order valence-electron chi connectivity index (χ4n) is 2.67. The molecule has 0 saturated heterocycles. The van der Waals surface area contributed by atoms with E-state index in [0.29, 0.717) is 16.6 Å². The van der Waals surface area contributed by atoms with Crippen molar-refractivity contribution in [2.24, 2.45) is 0 Å². The Kier molecular flexibility index (Phi) is 6.75. The molecule has 1 amide bonds. The molecule has 0 spiro atoms. The number of rotatable bonds is 6. The highest BCUT2D eigenvalue weighted by atomic mass is 16.4. The van der Waals surface area contributed by atoms with Gasteiger partial charge in [0.2, 0.25) is 0 Å². The van der Waals surface area contributed by atoms with Crippen LogP contribution in [0.4, 0.5) is 0 Å². The van der Waals surface area contributed by atoms with Gasteiger partial charge in [-0.05, 0) is 36.4 Å². The number of likely N-dealkylation sites (N-methyl/N-ethyl adjacent to an activating group) is 1. The third-order valence-electron chi connectivity index (χ3n) is 3.80. The van der Waals surface area contributed by atoms with Crippen LogP contribution in [-0.4, -0.2) is 55.2 Å². The smallest absolute Gasteiger partial charge is 0.305 e. The Morgan fingerprint density at radius 1 is 0.963 bits per heavy atom. The normalized spacial score (nSPS) is 11.8. The molecule has 5 heteroatoms. The van der Waals surface area contributed by atoms with Crippen LogP contribution in [0.15, 0.2) is 54.6 Å². The molecule has 0 aliphatic carbocycles. The van der Waals surface area contributed by atoms with Gasteiger partial charge in [-0.25, -0.2) is 0 Å². The van der Waals surface area contributed by atoms with Crippen LogP contribution in [0, 0.1) is 11.8 Å². The van der Waals surface area contributed by atoms with Gasteiger partial charge in [0.15, 0.2) is 0 Å². The summed E-state index contributed by atoms with van der Waals surface area (Å²) in [5.41, 5.74) is 2.22. The van der Waals surface area contributed by atoms with E-state index in [-0.39, 0.29) is 12.3 Å². The van der Waals surface area contributed by atoms with Crippen molar-refractivity contribution < 1.29 is 19.2 Å². The monoisotopic (exact) mass is 365 g/mol. The van der Waals surface area contributed by atoms with E-state index in [1.165, 1.54) is 0 Å². The molecule has 2 rings (SSSR count). The Morgan fingerprint density at radius 3 is 2.04 bits per heavy atom. The number of nitrogens with one attached hydrogen (secondary N) is 1. The number of carbonyl (C=O) groups excluding carboxylic acids is 1. The first-order valence-electron chi connectivity index (χ1n) is 8.73. The molecule has 5 nitrogen and oxygen atoms in total. The minimum atomic E-state index is -0.930. The van der Waals surface area contributed by atoms with E-state index in [1.807, 2.05) is 51.5 Å². The quantitative estimate of drug-likeness (QED) is 0.610. The summed E-state index contributed by atoms with van der Waals surface area (Å²) in [5, 5.41) is 11.9. The summed E-state index contributed by atoms with van der Waals surface area (Å²) >= 11 is 0. The molecule has 0 heterocycles. The van der Waals surface area contributed by atoms with Crippen LogP contribution in [0.25, 0.3) is 0 Å². The summed E-state index contributed by atoms with van der Waals surface area (Å²) in [6.45, 7) is 0.526. The predicted octanol–water partition coefficient (Wildman–Crippen LogP) is 2.37. The Hall–Kier alpha value is -3.10. The van der Waals surface area contributed by atoms with E-state index in [4.69, 9.17) is 5.11 Å². The topological polar surface area (TPSA) is 66.4 Å². The van der Waals surface area contributed by atoms with Crippen molar-refractivity contribution in [2.45, 2.75) is 12.5 Å². The first kappa shape index (κ1) is 20.2. The van der Waals surface area contributed by atoms with Crippen molar-refractivity contribution in [1.82, 2.24) is 5.32 Å². The lowest BCUT2D eigenvalue weighted by Crippen LogP contribution is -2.49. The Bertz CT molecular complexity index is 841. The fourth-order valence-corrected chi connectivity index (χ4v) is 2.67. The molecule has 0 aliphatic rings. The largest absolute Gasteiger partial charge is 0.481 e. The zero-order chi connectivity index (χ0) is 19.9. The number of hydrogen-bond acceptors (Lipinski definition) is 2. The maximum absolute atomic E-state index is 12.5. The number of carboxylic acid groups (broad SMARTS) is 1. The zero-order valence-electron chi connectivity index (χ0n) is 15.9. The maximum atomic E-state index is 12.5. The van der Waals surface area contributed by atoms with Gasteiger partial charge >= 0.3 is 5.97 Å². The van der Waals surface area contributed by atoms with Gasteiger partial charge in [-0.3, -0.25) is 9.59 Å². The lowest BCUT2D eigenvalue weighted by atomic mass is 10.1. The number of quaternary nitrogens is 1. The van der Waals surface area contributed by atoms with E-state index in [1.54, 1.807) is 24.3 Å². The number of aliphatic carboxylic acids is 1. The minimum absolute atomic E-state index is 0.109. The fraction of sp³-hybridized carbons (Fsp3) is 0.273. The highest BCUT2D eigenvalue weighted by Crippen LogP contribution is 2.07. The van der Waals surface area contributed by atoms with Crippen molar-refractivity contribution in [3.63, 3.8) is 0 Å². The highest BCUT2D eigenvalue weighted by molar-refractivity contribution is 5.94. The molecule has 0 fully saturated rings. The number of nitrogens with zero attached hydrogens (tertiary/aromatic N) is 1. The molecule has 0 bridgehead atoms. The molecular formula is C22H25N2O3+. The second-order valence-corrected chi connectivity index (χ2v) is 7.43. The lowest BCUT2D eigenvalue weighted by molar-refractivity contribution is -0.871. The summed E-state index contributed by atoms with van der Waals surface area (Å²) in [4.78, 5) is 23.5. The van der Waals surface area contributed by atoms with Crippen molar-refractivity contribution in [2.75, 3.05) is 27.7 Å². The molecule has 1 unspecified atom stereocenters. The summed E-state index contributed by atoms with van der Waals surface area (Å²) in [6, 6.07) is 16.2. The van der Waals surface area contributed by atoms with Crippen LogP contribution >= 0.6 is 0 Å². The van der Waals surface area contributed by atoms with Crippen LogP contribution < -0.4 is 5.32 Å². The molecule has 1 atom stereocenters. The van der Waals surface area contributed by atoms with Crippen molar-refractivity contribution in [3.05, 3.63) is 71.3 Å². The summed E-state index contributed by atoms with van der Waals surface area (Å²) in [7, 11) is 5.88. The maximum Gasteiger partial charge on any atom is 0.305 e. The average Bonchev–Trinajstić information content (AvgIpc) is 2.59. The van der Waals surface area contributed by atoms with Crippen LogP contribution in [0.5, 0.6) is 0 Å². The summed E-state index contributed by atoms with van der Waals surface area (Å²) < 4.78 is 0.562. The van der Waals surface area contributed by atoms with E-state index >= 15 is 0 Å². The van der Waals surface area contributed by atoms with Crippen molar-refractivity contribution >= 4 is 11.9 Å². The molecule has 0 aromatic heterocycles. The van der Waals surface area contributed by atoms with Crippen LogP contribution in [0.1, 0.15) is 27.9 Å². The van der Waals surface area contributed by atoms with Crippen LogP contribution in [0.3, 0.4) is 0 Å². The number of carbonyl (C=O) groups is 2. The van der Waals surface area contributed by atoms with Crippen molar-refractivity contribution in [3.8, 4) is 11.8 Å². The van der Waals surface area contributed by atoms with Crippen LogP contribution in [-0.2, 0) is 4.79 Å². The van der Waals surface area contributed by atoms with Crippen LogP contribution in [0.2, 0.25) is 0 Å². The molecule has 140 valence electrons. The molecule has 2 aromatic carbocycles. The lowest BCUT2D eigenvalue weighted by Gasteiger charge is -2.29. The molecule has 27 heavy (non-hydrogen) atoms. The number of carboxylic acids is 1. The average molecular weight is 365 g/mol. The summed E-state index contributed by atoms with van der Waals surface area (Å²) in [5.74, 6) is 4.92. The van der Waals surface area contributed by atoms with Gasteiger partial charge in [-0.15, -0.1) is 0 Å². The minimum Gasteiger partial charge on any atom is -0.481 e. The molecular weight excluding hydrogens is 340 g/mol. The van der Waals surface area contributed by atoms with E-state index in [9.17, 15) is 9.59 Å². The van der Waals surface area contributed by atoms with E-state index < -0.39 is 12.0 Å². The van der Waals surface area contributed by atoms with Gasteiger partial charge in [0, 0.05) is 16.7 Å². The van der Waals surface area contributed by atoms with Gasteiger partial charge < -0.3 is 14.9 Å². The standard InChI is InChI=1S/C22H24N2O3/c1-24(2,3)16-20(15-21(25)26)23-22(27)19-13-11-18(12-14-19)10-9-17-7-5-4-6-8-17/h4-8,11-14,20H,15-16H2,1-3H3,(H-,23,25,26,27)/p+1. The van der Waals surface area contributed by atoms with Gasteiger partial charge in [-0.1, -0.05) is 30.0 Å². The Morgan fingerprint density at radius 2 is 1.52 bits per heavy atom.